The first-order chi connectivity index (χ1) is 12.9. The summed E-state index contributed by atoms with van der Waals surface area (Å²) in [6.07, 6.45) is 4.03. The van der Waals surface area contributed by atoms with Crippen molar-refractivity contribution in [3.05, 3.63) is 30.0 Å². The SMILES string of the molecule is CCC(C)NC(=O)n1nc(-c2cc(NC(C)=O)ccc2O)cc1C1CCC1. The van der Waals surface area contributed by atoms with Gasteiger partial charge in [-0.25, -0.2) is 4.79 Å². The van der Waals surface area contributed by atoms with Crippen molar-refractivity contribution in [2.24, 2.45) is 0 Å². The maximum absolute atomic E-state index is 12.7. The van der Waals surface area contributed by atoms with Crippen LogP contribution in [-0.2, 0) is 4.79 Å². The second-order valence-corrected chi connectivity index (χ2v) is 7.17. The van der Waals surface area contributed by atoms with Crippen molar-refractivity contribution in [2.45, 2.75) is 58.4 Å². The molecule has 1 atom stereocenters. The van der Waals surface area contributed by atoms with Gasteiger partial charge in [-0.15, -0.1) is 0 Å². The lowest BCUT2D eigenvalue weighted by Crippen LogP contribution is -2.37. The third-order valence-electron chi connectivity index (χ3n) is 5.03. The predicted molar refractivity (Wildman–Crippen MR) is 104 cm³/mol. The summed E-state index contributed by atoms with van der Waals surface area (Å²) in [5, 5.41) is 20.4. The number of aromatic nitrogens is 2. The molecule has 2 aromatic rings. The molecule has 1 saturated carbocycles. The number of benzene rings is 1. The normalized spacial score (nSPS) is 15.1. The molecule has 1 aliphatic carbocycles. The van der Waals surface area contributed by atoms with E-state index >= 15 is 0 Å². The maximum atomic E-state index is 12.7. The second-order valence-electron chi connectivity index (χ2n) is 7.17. The Morgan fingerprint density at radius 1 is 1.33 bits per heavy atom. The number of aromatic hydroxyl groups is 1. The fraction of sp³-hybridized carbons (Fsp3) is 0.450. The number of amides is 2. The van der Waals surface area contributed by atoms with E-state index in [1.807, 2.05) is 19.9 Å². The summed E-state index contributed by atoms with van der Waals surface area (Å²) in [6, 6.07) is 6.47. The average Bonchev–Trinajstić information content (AvgIpc) is 2.99. The number of phenols is 1. The smallest absolute Gasteiger partial charge is 0.342 e. The van der Waals surface area contributed by atoms with Gasteiger partial charge in [-0.3, -0.25) is 4.79 Å². The quantitative estimate of drug-likeness (QED) is 0.697. The molecule has 0 saturated heterocycles. The van der Waals surface area contributed by atoms with Crippen molar-refractivity contribution in [1.29, 1.82) is 0 Å². The molecule has 3 rings (SSSR count). The van der Waals surface area contributed by atoms with Gasteiger partial charge >= 0.3 is 6.03 Å². The third kappa shape index (κ3) is 4.13. The first-order valence-electron chi connectivity index (χ1n) is 9.40. The molecule has 1 aromatic carbocycles. The highest BCUT2D eigenvalue weighted by molar-refractivity contribution is 5.90. The minimum absolute atomic E-state index is 0.0517. The van der Waals surface area contributed by atoms with Crippen molar-refractivity contribution in [1.82, 2.24) is 15.1 Å². The zero-order valence-electron chi connectivity index (χ0n) is 16.0. The molecule has 7 heteroatoms. The molecule has 1 fully saturated rings. The van der Waals surface area contributed by atoms with Crippen LogP contribution < -0.4 is 10.6 Å². The Kier molecular flexibility index (Phi) is 5.48. The molecule has 144 valence electrons. The molecule has 1 heterocycles. The maximum Gasteiger partial charge on any atom is 0.342 e. The van der Waals surface area contributed by atoms with Gasteiger partial charge in [0.05, 0.1) is 11.4 Å². The van der Waals surface area contributed by atoms with Crippen molar-refractivity contribution in [3.8, 4) is 17.0 Å². The van der Waals surface area contributed by atoms with Crippen LogP contribution in [0.3, 0.4) is 0 Å². The average molecular weight is 370 g/mol. The number of carbonyl (C=O) groups is 2. The van der Waals surface area contributed by atoms with Crippen LogP contribution in [0, 0.1) is 0 Å². The van der Waals surface area contributed by atoms with Gasteiger partial charge in [-0.2, -0.15) is 9.78 Å². The fourth-order valence-corrected chi connectivity index (χ4v) is 3.08. The number of rotatable bonds is 5. The minimum atomic E-state index is -0.255. The Balaban J connectivity index is 1.99. The first kappa shape index (κ1) is 18.9. The van der Waals surface area contributed by atoms with Crippen LogP contribution in [0.2, 0.25) is 0 Å². The Morgan fingerprint density at radius 3 is 2.67 bits per heavy atom. The van der Waals surface area contributed by atoms with E-state index in [0.29, 0.717) is 22.9 Å². The van der Waals surface area contributed by atoms with Crippen LogP contribution in [0.5, 0.6) is 5.75 Å². The molecule has 0 bridgehead atoms. The second kappa shape index (κ2) is 7.82. The van der Waals surface area contributed by atoms with Gasteiger partial charge in [-0.1, -0.05) is 13.3 Å². The number of carbonyl (C=O) groups excluding carboxylic acids is 2. The Labute approximate surface area is 158 Å². The fourth-order valence-electron chi connectivity index (χ4n) is 3.08. The zero-order valence-corrected chi connectivity index (χ0v) is 16.0. The van der Waals surface area contributed by atoms with E-state index in [4.69, 9.17) is 0 Å². The van der Waals surface area contributed by atoms with E-state index < -0.39 is 0 Å². The lowest BCUT2D eigenvalue weighted by molar-refractivity contribution is -0.114. The van der Waals surface area contributed by atoms with Gasteiger partial charge in [0.1, 0.15) is 5.75 Å². The number of nitrogens with one attached hydrogen (secondary N) is 2. The van der Waals surface area contributed by atoms with E-state index in [9.17, 15) is 14.7 Å². The van der Waals surface area contributed by atoms with E-state index in [0.717, 1.165) is 31.4 Å². The number of nitrogens with zero attached hydrogens (tertiary/aromatic N) is 2. The zero-order chi connectivity index (χ0) is 19.6. The lowest BCUT2D eigenvalue weighted by atomic mass is 9.82. The molecular formula is C20H26N4O3. The molecule has 1 aromatic heterocycles. The van der Waals surface area contributed by atoms with Crippen molar-refractivity contribution in [2.75, 3.05) is 5.32 Å². The molecule has 2 amide bonds. The molecule has 1 aliphatic rings. The predicted octanol–water partition coefficient (Wildman–Crippen LogP) is 3.84. The Morgan fingerprint density at radius 2 is 2.07 bits per heavy atom. The minimum Gasteiger partial charge on any atom is -0.507 e. The van der Waals surface area contributed by atoms with Crippen LogP contribution in [0.1, 0.15) is 58.1 Å². The monoisotopic (exact) mass is 370 g/mol. The van der Waals surface area contributed by atoms with Gasteiger partial charge < -0.3 is 15.7 Å². The van der Waals surface area contributed by atoms with Crippen LogP contribution in [0.4, 0.5) is 10.5 Å². The summed E-state index contributed by atoms with van der Waals surface area (Å²) in [6.45, 7) is 5.39. The lowest BCUT2D eigenvalue weighted by Gasteiger charge is -2.25. The highest BCUT2D eigenvalue weighted by Gasteiger charge is 2.28. The van der Waals surface area contributed by atoms with Crippen molar-refractivity contribution in [3.63, 3.8) is 0 Å². The van der Waals surface area contributed by atoms with Crippen molar-refractivity contribution >= 4 is 17.6 Å². The molecule has 0 radical (unpaired) electrons. The molecule has 27 heavy (non-hydrogen) atoms. The summed E-state index contributed by atoms with van der Waals surface area (Å²) >= 11 is 0. The Hall–Kier alpha value is -2.83. The van der Waals surface area contributed by atoms with E-state index in [-0.39, 0.29) is 23.7 Å². The summed E-state index contributed by atoms with van der Waals surface area (Å²) in [7, 11) is 0. The Bertz CT molecular complexity index is 855. The molecule has 0 spiro atoms. The number of anilines is 1. The number of hydrogen-bond acceptors (Lipinski definition) is 4. The van der Waals surface area contributed by atoms with Crippen LogP contribution in [-0.4, -0.2) is 32.9 Å². The van der Waals surface area contributed by atoms with Gasteiger partial charge in [0, 0.05) is 30.1 Å². The van der Waals surface area contributed by atoms with E-state index in [1.165, 1.54) is 17.7 Å². The summed E-state index contributed by atoms with van der Waals surface area (Å²) in [5.41, 5.74) is 2.43. The van der Waals surface area contributed by atoms with E-state index in [2.05, 4.69) is 15.7 Å². The largest absolute Gasteiger partial charge is 0.507 e. The highest BCUT2D eigenvalue weighted by atomic mass is 16.3. The summed E-state index contributed by atoms with van der Waals surface area (Å²) in [5.74, 6) is 0.158. The summed E-state index contributed by atoms with van der Waals surface area (Å²) < 4.78 is 1.43. The number of phenolic OH excluding ortho intramolecular Hbond substituents is 1. The molecule has 0 aliphatic heterocycles. The van der Waals surface area contributed by atoms with Gasteiger partial charge in [0.2, 0.25) is 5.91 Å². The summed E-state index contributed by atoms with van der Waals surface area (Å²) in [4.78, 5) is 24.0. The van der Waals surface area contributed by atoms with Crippen LogP contribution in [0.25, 0.3) is 11.3 Å². The highest BCUT2D eigenvalue weighted by Crippen LogP contribution is 2.39. The molecule has 3 N–H and O–H groups in total. The van der Waals surface area contributed by atoms with Gasteiger partial charge in [0.15, 0.2) is 0 Å². The first-order valence-corrected chi connectivity index (χ1v) is 9.40. The third-order valence-corrected chi connectivity index (χ3v) is 5.03. The topological polar surface area (TPSA) is 96.3 Å². The van der Waals surface area contributed by atoms with E-state index in [1.54, 1.807) is 12.1 Å². The standard InChI is InChI=1S/C20H26N4O3/c1-4-12(2)21-20(27)24-18(14-6-5-7-14)11-17(23-24)16-10-15(22-13(3)25)8-9-19(16)26/h8-12,14,26H,4-7H2,1-3H3,(H,21,27)(H,22,25). The van der Waals surface area contributed by atoms with Crippen molar-refractivity contribution < 1.29 is 14.7 Å². The van der Waals surface area contributed by atoms with Gasteiger partial charge in [-0.05, 0) is 50.5 Å². The molecule has 1 unspecified atom stereocenters. The molecular weight excluding hydrogens is 344 g/mol. The van der Waals surface area contributed by atoms with Gasteiger partial charge in [0.25, 0.3) is 0 Å². The number of hydrogen-bond donors (Lipinski definition) is 3. The van der Waals surface area contributed by atoms with Crippen LogP contribution in [0.15, 0.2) is 24.3 Å². The van der Waals surface area contributed by atoms with Crippen LogP contribution >= 0.6 is 0 Å². The molecule has 7 nitrogen and oxygen atoms in total.